The molecule has 5 nitrogen and oxygen atoms in total. The molecular weight excluding hydrogens is 240 g/mol. The van der Waals surface area contributed by atoms with Crippen molar-refractivity contribution in [3.63, 3.8) is 0 Å². The summed E-state index contributed by atoms with van der Waals surface area (Å²) in [5.74, 6) is 0.147. The molecule has 0 fully saturated rings. The lowest BCUT2D eigenvalue weighted by molar-refractivity contribution is 0.102. The monoisotopic (exact) mass is 254 g/mol. The number of likely N-dealkylation sites (N-methyl/N-ethyl adjacent to an activating group) is 1. The third kappa shape index (κ3) is 2.27. The van der Waals surface area contributed by atoms with Gasteiger partial charge >= 0.3 is 0 Å². The lowest BCUT2D eigenvalue weighted by Gasteiger charge is -2.12. The van der Waals surface area contributed by atoms with Crippen LogP contribution in [0, 0.1) is 0 Å². The Morgan fingerprint density at radius 2 is 2.11 bits per heavy atom. The first-order chi connectivity index (χ1) is 9.24. The normalized spacial score (nSPS) is 13.2. The Morgan fingerprint density at radius 3 is 2.89 bits per heavy atom. The largest absolute Gasteiger partial charge is 0.374 e. The van der Waals surface area contributed by atoms with E-state index in [4.69, 9.17) is 0 Å². The molecule has 1 aromatic heterocycles. The van der Waals surface area contributed by atoms with E-state index in [0.717, 1.165) is 13.0 Å². The number of carbonyl (C=O) groups excluding carboxylic acids is 1. The van der Waals surface area contributed by atoms with Gasteiger partial charge in [-0.1, -0.05) is 0 Å². The van der Waals surface area contributed by atoms with Crippen LogP contribution in [-0.2, 0) is 6.42 Å². The zero-order chi connectivity index (χ0) is 13.2. The third-order valence-electron chi connectivity index (χ3n) is 3.26. The summed E-state index contributed by atoms with van der Waals surface area (Å²) in [5, 5.41) is 2.69. The van der Waals surface area contributed by atoms with Crippen molar-refractivity contribution in [2.45, 2.75) is 6.42 Å². The summed E-state index contributed by atoms with van der Waals surface area (Å²) < 4.78 is 0. The highest BCUT2D eigenvalue weighted by Gasteiger charge is 2.17. The molecule has 96 valence electrons. The third-order valence-corrected chi connectivity index (χ3v) is 3.26. The summed E-state index contributed by atoms with van der Waals surface area (Å²) in [7, 11) is 2.06. The molecule has 5 heteroatoms. The fraction of sp³-hybridized carbons (Fsp3) is 0.214. The Labute approximate surface area is 111 Å². The molecule has 1 N–H and O–H groups in total. The average Bonchev–Trinajstić information content (AvgIpc) is 2.81. The van der Waals surface area contributed by atoms with Crippen molar-refractivity contribution in [3.05, 3.63) is 47.8 Å². The topological polar surface area (TPSA) is 58.1 Å². The zero-order valence-corrected chi connectivity index (χ0v) is 10.6. The van der Waals surface area contributed by atoms with Crippen LogP contribution in [0.1, 0.15) is 15.9 Å². The second-order valence-electron chi connectivity index (χ2n) is 4.54. The molecule has 1 aliphatic heterocycles. The van der Waals surface area contributed by atoms with E-state index in [1.807, 2.05) is 18.2 Å². The summed E-state index contributed by atoms with van der Waals surface area (Å²) in [6, 6.07) is 7.47. The molecule has 0 radical (unpaired) electrons. The fourth-order valence-corrected chi connectivity index (χ4v) is 2.25. The lowest BCUT2D eigenvalue weighted by atomic mass is 10.1. The maximum atomic E-state index is 12.1. The van der Waals surface area contributed by atoms with Gasteiger partial charge in [-0.2, -0.15) is 0 Å². The second-order valence-corrected chi connectivity index (χ2v) is 4.54. The van der Waals surface area contributed by atoms with Crippen molar-refractivity contribution in [3.8, 4) is 0 Å². The number of anilines is 2. The van der Waals surface area contributed by atoms with Crippen LogP contribution in [0.3, 0.4) is 0 Å². The van der Waals surface area contributed by atoms with Crippen LogP contribution >= 0.6 is 0 Å². The molecular formula is C14H14N4O. The number of fused-ring (bicyclic) bond motifs is 1. The van der Waals surface area contributed by atoms with E-state index in [1.165, 1.54) is 11.3 Å². The zero-order valence-electron chi connectivity index (χ0n) is 10.6. The summed E-state index contributed by atoms with van der Waals surface area (Å²) >= 11 is 0. The van der Waals surface area contributed by atoms with Gasteiger partial charge in [-0.15, -0.1) is 0 Å². The number of hydrogen-bond acceptors (Lipinski definition) is 4. The highest BCUT2D eigenvalue weighted by Crippen LogP contribution is 2.27. The molecule has 1 aliphatic rings. The van der Waals surface area contributed by atoms with Crippen molar-refractivity contribution < 1.29 is 4.79 Å². The number of aromatic nitrogens is 2. The Balaban J connectivity index is 1.81. The smallest absolute Gasteiger partial charge is 0.258 e. The summed E-state index contributed by atoms with van der Waals surface area (Å²) in [6.45, 7) is 1.00. The van der Waals surface area contributed by atoms with Gasteiger partial charge in [0.1, 0.15) is 0 Å². The number of amides is 1. The maximum Gasteiger partial charge on any atom is 0.258 e. The van der Waals surface area contributed by atoms with E-state index < -0.39 is 0 Å². The van der Waals surface area contributed by atoms with Crippen molar-refractivity contribution in [2.75, 3.05) is 23.8 Å². The van der Waals surface area contributed by atoms with E-state index >= 15 is 0 Å². The summed E-state index contributed by atoms with van der Waals surface area (Å²) in [5.41, 5.74) is 3.05. The van der Waals surface area contributed by atoms with Gasteiger partial charge in [-0.3, -0.25) is 10.1 Å². The Hall–Kier alpha value is -2.43. The standard InChI is InChI=1S/C14H14N4O/c1-18-8-5-10-9-11(3-4-12(10)18)13(19)17-14-15-6-2-7-16-14/h2-4,6-7,9H,5,8H2,1H3,(H,15,16,17,19). The van der Waals surface area contributed by atoms with Gasteiger partial charge in [-0.25, -0.2) is 9.97 Å². The maximum absolute atomic E-state index is 12.1. The molecule has 1 amide bonds. The molecule has 0 atom stereocenters. The first-order valence-corrected chi connectivity index (χ1v) is 6.16. The minimum Gasteiger partial charge on any atom is -0.374 e. The van der Waals surface area contributed by atoms with Crippen molar-refractivity contribution in [1.82, 2.24) is 9.97 Å². The minimum atomic E-state index is -0.177. The molecule has 0 unspecified atom stereocenters. The van der Waals surface area contributed by atoms with Crippen LogP contribution in [0.25, 0.3) is 0 Å². The molecule has 0 bridgehead atoms. The second kappa shape index (κ2) is 4.68. The van der Waals surface area contributed by atoms with Gasteiger partial charge in [0.05, 0.1) is 0 Å². The molecule has 0 saturated heterocycles. The lowest BCUT2D eigenvalue weighted by Crippen LogP contribution is -2.14. The van der Waals surface area contributed by atoms with Gasteiger partial charge < -0.3 is 4.90 Å². The minimum absolute atomic E-state index is 0.177. The summed E-state index contributed by atoms with van der Waals surface area (Å²) in [6.07, 6.45) is 4.18. The number of nitrogens with one attached hydrogen (secondary N) is 1. The van der Waals surface area contributed by atoms with Gasteiger partial charge in [0.2, 0.25) is 5.95 Å². The fourth-order valence-electron chi connectivity index (χ4n) is 2.25. The number of rotatable bonds is 2. The van der Waals surface area contributed by atoms with Crippen LogP contribution in [0.2, 0.25) is 0 Å². The molecule has 2 heterocycles. The highest BCUT2D eigenvalue weighted by molar-refractivity contribution is 6.03. The molecule has 0 saturated carbocycles. The van der Waals surface area contributed by atoms with Crippen LogP contribution in [0.4, 0.5) is 11.6 Å². The molecule has 2 aromatic rings. The van der Waals surface area contributed by atoms with Crippen LogP contribution in [0.5, 0.6) is 0 Å². The summed E-state index contributed by atoms with van der Waals surface area (Å²) in [4.78, 5) is 22.2. The van der Waals surface area contributed by atoms with Gasteiger partial charge in [0.25, 0.3) is 5.91 Å². The van der Waals surface area contributed by atoms with Crippen molar-refractivity contribution in [2.24, 2.45) is 0 Å². The van der Waals surface area contributed by atoms with E-state index in [9.17, 15) is 4.79 Å². The van der Waals surface area contributed by atoms with Crippen LogP contribution in [-0.4, -0.2) is 29.5 Å². The molecule has 19 heavy (non-hydrogen) atoms. The Kier molecular flexibility index (Phi) is 2.87. The molecule has 0 aliphatic carbocycles. The Morgan fingerprint density at radius 1 is 1.32 bits per heavy atom. The molecule has 1 aromatic carbocycles. The van der Waals surface area contributed by atoms with Crippen LogP contribution in [0.15, 0.2) is 36.7 Å². The van der Waals surface area contributed by atoms with E-state index in [2.05, 4.69) is 27.2 Å². The van der Waals surface area contributed by atoms with E-state index in [0.29, 0.717) is 11.5 Å². The predicted octanol–water partition coefficient (Wildman–Crippen LogP) is 1.72. The van der Waals surface area contributed by atoms with E-state index in [1.54, 1.807) is 18.5 Å². The van der Waals surface area contributed by atoms with E-state index in [-0.39, 0.29) is 5.91 Å². The quantitative estimate of drug-likeness (QED) is 0.886. The van der Waals surface area contributed by atoms with Crippen molar-refractivity contribution >= 4 is 17.5 Å². The van der Waals surface area contributed by atoms with Gasteiger partial charge in [-0.05, 0) is 36.2 Å². The Bertz CT molecular complexity index is 612. The average molecular weight is 254 g/mol. The number of carbonyl (C=O) groups is 1. The number of hydrogen-bond donors (Lipinski definition) is 1. The van der Waals surface area contributed by atoms with Crippen molar-refractivity contribution in [1.29, 1.82) is 0 Å². The van der Waals surface area contributed by atoms with Crippen LogP contribution < -0.4 is 10.2 Å². The SMILES string of the molecule is CN1CCc2cc(C(=O)Nc3ncccn3)ccc21. The molecule has 0 spiro atoms. The number of nitrogens with zero attached hydrogens (tertiary/aromatic N) is 3. The first-order valence-electron chi connectivity index (χ1n) is 6.16. The predicted molar refractivity (Wildman–Crippen MR) is 73.4 cm³/mol. The van der Waals surface area contributed by atoms with Gasteiger partial charge in [0, 0.05) is 37.2 Å². The van der Waals surface area contributed by atoms with Gasteiger partial charge in [0.15, 0.2) is 0 Å². The highest BCUT2D eigenvalue weighted by atomic mass is 16.1. The molecule has 3 rings (SSSR count). The number of benzene rings is 1. The first kappa shape index (κ1) is 11.6.